The van der Waals surface area contributed by atoms with E-state index in [1.165, 1.54) is 0 Å². The molecule has 4 nitrogen and oxygen atoms in total. The fourth-order valence-electron chi connectivity index (χ4n) is 3.17. The number of para-hydroxylation sites is 2. The standard InChI is InChI=1S/C21H14N4/c1-2-4-20-19(3-1)24-21(25-20)15-5-6-18-17(13-15)16(9-12-23-18)14-7-10-22-11-8-14/h1-13H,(H,24,25). The third kappa shape index (κ3) is 2.35. The van der Waals surface area contributed by atoms with Gasteiger partial charge in [0.15, 0.2) is 0 Å². The van der Waals surface area contributed by atoms with Crippen molar-refractivity contribution in [3.05, 3.63) is 79.3 Å². The van der Waals surface area contributed by atoms with Crippen LogP contribution < -0.4 is 0 Å². The van der Waals surface area contributed by atoms with Crippen molar-refractivity contribution < 1.29 is 0 Å². The molecular formula is C21H14N4. The summed E-state index contributed by atoms with van der Waals surface area (Å²) in [5.41, 5.74) is 6.30. The molecule has 0 aliphatic heterocycles. The maximum Gasteiger partial charge on any atom is 0.138 e. The van der Waals surface area contributed by atoms with Crippen LogP contribution in [0.5, 0.6) is 0 Å². The number of pyridine rings is 2. The molecule has 0 bridgehead atoms. The van der Waals surface area contributed by atoms with Crippen molar-refractivity contribution in [1.82, 2.24) is 19.9 Å². The van der Waals surface area contributed by atoms with Crippen LogP contribution in [0.1, 0.15) is 0 Å². The highest BCUT2D eigenvalue weighted by molar-refractivity contribution is 5.96. The molecule has 0 fully saturated rings. The molecule has 25 heavy (non-hydrogen) atoms. The molecule has 5 rings (SSSR count). The molecule has 0 saturated heterocycles. The molecule has 118 valence electrons. The predicted octanol–water partition coefficient (Wildman–Crippen LogP) is 4.84. The van der Waals surface area contributed by atoms with E-state index in [0.29, 0.717) is 0 Å². The summed E-state index contributed by atoms with van der Waals surface area (Å²) < 4.78 is 0. The van der Waals surface area contributed by atoms with Crippen molar-refractivity contribution in [2.24, 2.45) is 0 Å². The summed E-state index contributed by atoms with van der Waals surface area (Å²) in [5, 5.41) is 1.10. The van der Waals surface area contributed by atoms with Crippen LogP contribution in [0.4, 0.5) is 0 Å². The average Bonchev–Trinajstić information content (AvgIpc) is 3.12. The van der Waals surface area contributed by atoms with E-state index in [4.69, 9.17) is 4.98 Å². The van der Waals surface area contributed by atoms with Crippen molar-refractivity contribution in [1.29, 1.82) is 0 Å². The van der Waals surface area contributed by atoms with E-state index in [1.54, 1.807) is 0 Å². The number of aromatic amines is 1. The van der Waals surface area contributed by atoms with Gasteiger partial charge in [-0.05, 0) is 59.7 Å². The van der Waals surface area contributed by atoms with E-state index in [-0.39, 0.29) is 0 Å². The first-order valence-electron chi connectivity index (χ1n) is 8.13. The Morgan fingerprint density at radius 2 is 1.60 bits per heavy atom. The van der Waals surface area contributed by atoms with Crippen LogP contribution in [0.3, 0.4) is 0 Å². The Morgan fingerprint density at radius 3 is 2.48 bits per heavy atom. The van der Waals surface area contributed by atoms with Crippen LogP contribution in [0.15, 0.2) is 79.3 Å². The van der Waals surface area contributed by atoms with Gasteiger partial charge in [-0.15, -0.1) is 0 Å². The minimum Gasteiger partial charge on any atom is -0.338 e. The monoisotopic (exact) mass is 322 g/mol. The van der Waals surface area contributed by atoms with Crippen LogP contribution >= 0.6 is 0 Å². The summed E-state index contributed by atoms with van der Waals surface area (Å²) >= 11 is 0. The normalized spacial score (nSPS) is 11.2. The Bertz CT molecular complexity index is 1160. The quantitative estimate of drug-likeness (QED) is 0.506. The smallest absolute Gasteiger partial charge is 0.138 e. The lowest BCUT2D eigenvalue weighted by atomic mass is 10.0. The number of aromatic nitrogens is 4. The number of fused-ring (bicyclic) bond motifs is 2. The molecule has 0 radical (unpaired) electrons. The number of benzene rings is 2. The summed E-state index contributed by atoms with van der Waals surface area (Å²) in [6, 6.07) is 20.4. The number of H-pyrrole nitrogens is 1. The molecule has 0 aliphatic carbocycles. The number of hydrogen-bond acceptors (Lipinski definition) is 3. The van der Waals surface area contributed by atoms with Crippen molar-refractivity contribution in [3.63, 3.8) is 0 Å². The lowest BCUT2D eigenvalue weighted by molar-refractivity contribution is 1.32. The lowest BCUT2D eigenvalue weighted by Gasteiger charge is -2.07. The first-order chi connectivity index (χ1) is 12.4. The maximum atomic E-state index is 4.71. The number of imidazole rings is 1. The van der Waals surface area contributed by atoms with Gasteiger partial charge in [0.25, 0.3) is 0 Å². The summed E-state index contributed by atoms with van der Waals surface area (Å²) in [7, 11) is 0. The average molecular weight is 322 g/mol. The van der Waals surface area contributed by atoms with Gasteiger partial charge >= 0.3 is 0 Å². The predicted molar refractivity (Wildman–Crippen MR) is 100 cm³/mol. The van der Waals surface area contributed by atoms with Gasteiger partial charge in [0, 0.05) is 29.5 Å². The second kappa shape index (κ2) is 5.53. The highest BCUT2D eigenvalue weighted by atomic mass is 14.9. The van der Waals surface area contributed by atoms with Gasteiger partial charge in [-0.25, -0.2) is 4.98 Å². The fraction of sp³-hybridized carbons (Fsp3) is 0. The Balaban J connectivity index is 1.73. The minimum absolute atomic E-state index is 0.868. The van der Waals surface area contributed by atoms with E-state index in [0.717, 1.165) is 44.5 Å². The molecule has 0 unspecified atom stereocenters. The first-order valence-corrected chi connectivity index (χ1v) is 8.13. The second-order valence-corrected chi connectivity index (χ2v) is 5.93. The zero-order valence-electron chi connectivity index (χ0n) is 13.3. The first kappa shape index (κ1) is 13.9. The fourth-order valence-corrected chi connectivity index (χ4v) is 3.17. The van der Waals surface area contributed by atoms with Crippen molar-refractivity contribution >= 4 is 21.9 Å². The number of rotatable bonds is 2. The third-order valence-corrected chi connectivity index (χ3v) is 4.40. The molecule has 3 aromatic heterocycles. The van der Waals surface area contributed by atoms with E-state index in [2.05, 4.69) is 27.1 Å². The third-order valence-electron chi connectivity index (χ3n) is 4.40. The Morgan fingerprint density at radius 1 is 0.720 bits per heavy atom. The molecule has 4 heteroatoms. The highest BCUT2D eigenvalue weighted by Gasteiger charge is 2.09. The van der Waals surface area contributed by atoms with Crippen LogP contribution in [0.25, 0.3) is 44.5 Å². The summed E-state index contributed by atoms with van der Waals surface area (Å²) in [6.45, 7) is 0. The van der Waals surface area contributed by atoms with Crippen LogP contribution in [0.2, 0.25) is 0 Å². The van der Waals surface area contributed by atoms with Gasteiger partial charge in [0.1, 0.15) is 5.82 Å². The zero-order valence-corrected chi connectivity index (χ0v) is 13.3. The van der Waals surface area contributed by atoms with Crippen molar-refractivity contribution in [2.45, 2.75) is 0 Å². The molecular weight excluding hydrogens is 308 g/mol. The molecule has 1 N–H and O–H groups in total. The van der Waals surface area contributed by atoms with Crippen molar-refractivity contribution in [3.8, 4) is 22.5 Å². The van der Waals surface area contributed by atoms with E-state index in [9.17, 15) is 0 Å². The van der Waals surface area contributed by atoms with Gasteiger partial charge < -0.3 is 4.98 Å². The van der Waals surface area contributed by atoms with E-state index in [1.807, 2.05) is 67.1 Å². The van der Waals surface area contributed by atoms with Crippen LogP contribution in [-0.4, -0.2) is 19.9 Å². The molecule has 0 amide bonds. The molecule has 2 aromatic carbocycles. The largest absolute Gasteiger partial charge is 0.338 e. The van der Waals surface area contributed by atoms with Gasteiger partial charge in [0.05, 0.1) is 16.6 Å². The molecule has 5 aromatic rings. The topological polar surface area (TPSA) is 54.5 Å². The van der Waals surface area contributed by atoms with Crippen LogP contribution in [0, 0.1) is 0 Å². The summed E-state index contributed by atoms with van der Waals surface area (Å²) in [5.74, 6) is 0.868. The minimum atomic E-state index is 0.868. The molecule has 0 atom stereocenters. The van der Waals surface area contributed by atoms with Gasteiger partial charge in [-0.3, -0.25) is 9.97 Å². The number of hydrogen-bond donors (Lipinski definition) is 1. The Kier molecular flexibility index (Phi) is 3.07. The molecule has 0 aliphatic rings. The SMILES string of the molecule is c1ccc2[nH]c(-c3ccc4nccc(-c5ccncc5)c4c3)nc2c1. The Hall–Kier alpha value is -3.53. The molecule has 0 spiro atoms. The maximum absolute atomic E-state index is 4.71. The second-order valence-electron chi connectivity index (χ2n) is 5.93. The number of nitrogens with zero attached hydrogens (tertiary/aromatic N) is 3. The zero-order chi connectivity index (χ0) is 16.6. The highest BCUT2D eigenvalue weighted by Crippen LogP contribution is 2.30. The molecule has 3 heterocycles. The summed E-state index contributed by atoms with van der Waals surface area (Å²) in [6.07, 6.45) is 5.47. The van der Waals surface area contributed by atoms with Gasteiger partial charge in [0.2, 0.25) is 0 Å². The van der Waals surface area contributed by atoms with Gasteiger partial charge in [-0.1, -0.05) is 12.1 Å². The number of nitrogens with one attached hydrogen (secondary N) is 1. The Labute approximate surface area is 144 Å². The van der Waals surface area contributed by atoms with Crippen molar-refractivity contribution in [2.75, 3.05) is 0 Å². The summed E-state index contributed by atoms with van der Waals surface area (Å²) in [4.78, 5) is 16.7. The molecule has 0 saturated carbocycles. The van der Waals surface area contributed by atoms with Crippen LogP contribution in [-0.2, 0) is 0 Å². The lowest BCUT2D eigenvalue weighted by Crippen LogP contribution is -1.87. The van der Waals surface area contributed by atoms with Gasteiger partial charge in [-0.2, -0.15) is 0 Å². The van der Waals surface area contributed by atoms with E-state index < -0.39 is 0 Å². The van der Waals surface area contributed by atoms with E-state index >= 15 is 0 Å².